The lowest BCUT2D eigenvalue weighted by molar-refractivity contribution is 0.0951. The quantitative estimate of drug-likeness (QED) is 0.633. The third-order valence-electron chi connectivity index (χ3n) is 4.31. The molecular weight excluding hydrogens is 415 g/mol. The Hall–Kier alpha value is -2.90. The van der Waals surface area contributed by atoms with Crippen molar-refractivity contribution < 1.29 is 17.6 Å². The Kier molecular flexibility index (Phi) is 6.20. The summed E-state index contributed by atoms with van der Waals surface area (Å²) in [7, 11) is -2.39. The van der Waals surface area contributed by atoms with E-state index in [9.17, 15) is 17.6 Å². The molecule has 0 saturated heterocycles. The molecule has 3 aromatic rings. The monoisotopic (exact) mass is 432 g/mol. The maximum Gasteiger partial charge on any atom is 0.264 e. The van der Waals surface area contributed by atoms with Gasteiger partial charge in [-0.1, -0.05) is 29.8 Å². The van der Waals surface area contributed by atoms with E-state index in [1.807, 2.05) is 0 Å². The molecule has 3 aromatic carbocycles. The SMILES string of the molecule is CN(c1cccc(C(=O)NCc2ccc(F)cc2)c1)S(=O)(=O)c1ccc(Cl)cc1. The first-order valence-corrected chi connectivity index (χ1v) is 10.5. The van der Waals surface area contributed by atoms with Crippen molar-refractivity contribution in [3.05, 3.63) is 94.8 Å². The molecule has 1 amide bonds. The molecule has 0 radical (unpaired) electrons. The van der Waals surface area contributed by atoms with E-state index in [0.29, 0.717) is 16.3 Å². The topological polar surface area (TPSA) is 66.5 Å². The van der Waals surface area contributed by atoms with Crippen LogP contribution < -0.4 is 9.62 Å². The van der Waals surface area contributed by atoms with E-state index in [4.69, 9.17) is 11.6 Å². The van der Waals surface area contributed by atoms with E-state index in [0.717, 1.165) is 9.87 Å². The summed E-state index contributed by atoms with van der Waals surface area (Å²) in [4.78, 5) is 12.5. The molecule has 0 aliphatic carbocycles. The highest BCUT2D eigenvalue weighted by molar-refractivity contribution is 7.92. The zero-order chi connectivity index (χ0) is 21.0. The van der Waals surface area contributed by atoms with E-state index in [2.05, 4.69) is 5.32 Å². The summed E-state index contributed by atoms with van der Waals surface area (Å²) in [6, 6.07) is 17.9. The predicted molar refractivity (Wildman–Crippen MR) is 111 cm³/mol. The van der Waals surface area contributed by atoms with Gasteiger partial charge in [-0.3, -0.25) is 9.10 Å². The summed E-state index contributed by atoms with van der Waals surface area (Å²) in [5, 5.41) is 3.17. The molecule has 0 bridgehead atoms. The molecule has 8 heteroatoms. The average Bonchev–Trinajstić information content (AvgIpc) is 2.73. The summed E-state index contributed by atoms with van der Waals surface area (Å²) in [6.45, 7) is 0.224. The molecule has 0 saturated carbocycles. The molecule has 0 atom stereocenters. The number of sulfonamides is 1. The summed E-state index contributed by atoms with van der Waals surface area (Å²) < 4.78 is 39.7. The number of carbonyl (C=O) groups is 1. The van der Waals surface area contributed by atoms with Crippen LogP contribution in [0.25, 0.3) is 0 Å². The van der Waals surface area contributed by atoms with Gasteiger partial charge < -0.3 is 5.32 Å². The van der Waals surface area contributed by atoms with E-state index < -0.39 is 10.0 Å². The van der Waals surface area contributed by atoms with Crippen LogP contribution in [-0.4, -0.2) is 21.4 Å². The van der Waals surface area contributed by atoms with Crippen molar-refractivity contribution >= 4 is 33.2 Å². The van der Waals surface area contributed by atoms with Crippen LogP contribution in [-0.2, 0) is 16.6 Å². The Morgan fingerprint density at radius 3 is 2.34 bits per heavy atom. The van der Waals surface area contributed by atoms with Gasteiger partial charge in [0.15, 0.2) is 0 Å². The molecule has 29 heavy (non-hydrogen) atoms. The van der Waals surface area contributed by atoms with Gasteiger partial charge in [-0.05, 0) is 60.2 Å². The zero-order valence-electron chi connectivity index (χ0n) is 15.5. The summed E-state index contributed by atoms with van der Waals surface area (Å²) >= 11 is 5.82. The van der Waals surface area contributed by atoms with Gasteiger partial charge in [0.2, 0.25) is 0 Å². The van der Waals surface area contributed by atoms with Gasteiger partial charge in [-0.25, -0.2) is 12.8 Å². The normalized spacial score (nSPS) is 11.1. The van der Waals surface area contributed by atoms with E-state index >= 15 is 0 Å². The van der Waals surface area contributed by atoms with Crippen LogP contribution in [0, 0.1) is 5.82 Å². The second-order valence-electron chi connectivity index (χ2n) is 6.29. The zero-order valence-corrected chi connectivity index (χ0v) is 17.0. The van der Waals surface area contributed by atoms with Crippen molar-refractivity contribution in [1.82, 2.24) is 5.32 Å². The third kappa shape index (κ3) is 4.93. The number of anilines is 1. The van der Waals surface area contributed by atoms with Crippen LogP contribution in [0.5, 0.6) is 0 Å². The minimum atomic E-state index is -3.80. The molecule has 0 heterocycles. The molecule has 0 unspecified atom stereocenters. The largest absolute Gasteiger partial charge is 0.348 e. The van der Waals surface area contributed by atoms with Gasteiger partial charge in [0.25, 0.3) is 15.9 Å². The first-order chi connectivity index (χ1) is 13.8. The fraction of sp³-hybridized carbons (Fsp3) is 0.0952. The van der Waals surface area contributed by atoms with Gasteiger partial charge in [0, 0.05) is 24.2 Å². The van der Waals surface area contributed by atoms with Crippen molar-refractivity contribution in [3.8, 4) is 0 Å². The number of halogens is 2. The second kappa shape index (κ2) is 8.63. The highest BCUT2D eigenvalue weighted by Gasteiger charge is 2.22. The Labute approximate surface area is 173 Å². The van der Waals surface area contributed by atoms with Crippen LogP contribution in [0.1, 0.15) is 15.9 Å². The first kappa shape index (κ1) is 20.8. The average molecular weight is 433 g/mol. The maximum atomic E-state index is 13.0. The molecule has 150 valence electrons. The number of nitrogens with zero attached hydrogens (tertiary/aromatic N) is 1. The number of carbonyl (C=O) groups excluding carboxylic acids is 1. The molecule has 0 fully saturated rings. The molecule has 1 N–H and O–H groups in total. The van der Waals surface area contributed by atoms with Crippen molar-refractivity contribution in [3.63, 3.8) is 0 Å². The van der Waals surface area contributed by atoms with Crippen molar-refractivity contribution in [2.75, 3.05) is 11.4 Å². The van der Waals surface area contributed by atoms with Gasteiger partial charge in [0.1, 0.15) is 5.82 Å². The van der Waals surface area contributed by atoms with E-state index in [1.165, 1.54) is 49.5 Å². The third-order valence-corrected chi connectivity index (χ3v) is 6.36. The van der Waals surface area contributed by atoms with Crippen LogP contribution in [0.15, 0.2) is 77.7 Å². The molecule has 0 spiro atoms. The minimum Gasteiger partial charge on any atom is -0.348 e. The summed E-state index contributed by atoms with van der Waals surface area (Å²) in [5.41, 5.74) is 1.40. The van der Waals surface area contributed by atoms with Crippen LogP contribution in [0.4, 0.5) is 10.1 Å². The maximum absolute atomic E-state index is 13.0. The van der Waals surface area contributed by atoms with Crippen molar-refractivity contribution in [2.24, 2.45) is 0 Å². The highest BCUT2D eigenvalue weighted by Crippen LogP contribution is 2.24. The number of rotatable bonds is 6. The smallest absolute Gasteiger partial charge is 0.264 e. The number of hydrogen-bond donors (Lipinski definition) is 1. The van der Waals surface area contributed by atoms with Crippen molar-refractivity contribution in [1.29, 1.82) is 0 Å². The van der Waals surface area contributed by atoms with Crippen LogP contribution in [0.2, 0.25) is 5.02 Å². The summed E-state index contributed by atoms with van der Waals surface area (Å²) in [6.07, 6.45) is 0. The van der Waals surface area contributed by atoms with Gasteiger partial charge >= 0.3 is 0 Å². The molecule has 0 aromatic heterocycles. The van der Waals surface area contributed by atoms with Gasteiger partial charge in [-0.15, -0.1) is 0 Å². The lowest BCUT2D eigenvalue weighted by Gasteiger charge is -2.20. The van der Waals surface area contributed by atoms with Crippen LogP contribution in [0.3, 0.4) is 0 Å². The van der Waals surface area contributed by atoms with Gasteiger partial charge in [-0.2, -0.15) is 0 Å². The van der Waals surface area contributed by atoms with Crippen LogP contribution >= 0.6 is 11.6 Å². The van der Waals surface area contributed by atoms with E-state index in [1.54, 1.807) is 30.3 Å². The second-order valence-corrected chi connectivity index (χ2v) is 8.69. The van der Waals surface area contributed by atoms with Gasteiger partial charge in [0.05, 0.1) is 10.6 Å². The molecule has 3 rings (SSSR count). The molecular formula is C21H18ClFN2O3S. The number of nitrogens with one attached hydrogen (secondary N) is 1. The molecule has 0 aliphatic rings. The predicted octanol–water partition coefficient (Wildman–Crippen LogP) is 4.23. The lowest BCUT2D eigenvalue weighted by Crippen LogP contribution is -2.27. The Bertz CT molecular complexity index is 1120. The van der Waals surface area contributed by atoms with Crippen molar-refractivity contribution in [2.45, 2.75) is 11.4 Å². The highest BCUT2D eigenvalue weighted by atomic mass is 35.5. The van der Waals surface area contributed by atoms with E-state index in [-0.39, 0.29) is 23.2 Å². The number of hydrogen-bond acceptors (Lipinski definition) is 3. The molecule has 0 aliphatic heterocycles. The fourth-order valence-electron chi connectivity index (χ4n) is 2.63. The standard InChI is InChI=1S/C21H18ClFN2O3S/c1-25(29(27,28)20-11-7-17(22)8-12-20)19-4-2-3-16(13-19)21(26)24-14-15-5-9-18(23)10-6-15/h2-13H,14H2,1H3,(H,24,26). The Morgan fingerprint density at radius 1 is 1.03 bits per heavy atom. The first-order valence-electron chi connectivity index (χ1n) is 8.64. The Balaban J connectivity index is 1.76. The Morgan fingerprint density at radius 2 is 1.69 bits per heavy atom. The number of amides is 1. The number of benzene rings is 3. The molecule has 5 nitrogen and oxygen atoms in total. The fourth-order valence-corrected chi connectivity index (χ4v) is 3.95. The summed E-state index contributed by atoms with van der Waals surface area (Å²) in [5.74, 6) is -0.717. The lowest BCUT2D eigenvalue weighted by atomic mass is 10.1. The minimum absolute atomic E-state index is 0.0931.